The van der Waals surface area contributed by atoms with Crippen molar-refractivity contribution in [3.8, 4) is 11.8 Å². The molecule has 1 amide bonds. The third kappa shape index (κ3) is 3.28. The number of amides is 1. The van der Waals surface area contributed by atoms with E-state index >= 15 is 0 Å². The van der Waals surface area contributed by atoms with E-state index in [9.17, 15) is 9.90 Å². The number of aliphatic hydroxyl groups excluding tert-OH is 1. The van der Waals surface area contributed by atoms with Crippen molar-refractivity contribution in [1.29, 1.82) is 5.26 Å². The molecule has 1 saturated heterocycles. The van der Waals surface area contributed by atoms with E-state index in [0.29, 0.717) is 30.8 Å². The summed E-state index contributed by atoms with van der Waals surface area (Å²) >= 11 is 0. The van der Waals surface area contributed by atoms with Crippen molar-refractivity contribution in [1.82, 2.24) is 4.90 Å². The van der Waals surface area contributed by atoms with Crippen molar-refractivity contribution in [2.24, 2.45) is 5.92 Å². The zero-order valence-corrected chi connectivity index (χ0v) is 11.5. The molecule has 0 aromatic heterocycles. The highest BCUT2D eigenvalue weighted by atomic mass is 16.5. The molecule has 0 bridgehead atoms. The van der Waals surface area contributed by atoms with Crippen molar-refractivity contribution in [2.45, 2.75) is 19.4 Å². The highest BCUT2D eigenvalue weighted by Crippen LogP contribution is 2.19. The number of nitriles is 1. The summed E-state index contributed by atoms with van der Waals surface area (Å²) in [5, 5.41) is 18.6. The minimum absolute atomic E-state index is 0.0818. The number of carbonyl (C=O) groups excluding carboxylic acids is 1. The van der Waals surface area contributed by atoms with E-state index < -0.39 is 0 Å². The molecule has 1 aromatic carbocycles. The number of carbonyl (C=O) groups is 1. The van der Waals surface area contributed by atoms with Gasteiger partial charge < -0.3 is 14.7 Å². The van der Waals surface area contributed by atoms with Gasteiger partial charge in [-0.1, -0.05) is 19.1 Å². The first-order valence-electron chi connectivity index (χ1n) is 6.69. The van der Waals surface area contributed by atoms with Crippen LogP contribution in [0.3, 0.4) is 0 Å². The van der Waals surface area contributed by atoms with Gasteiger partial charge in [-0.3, -0.25) is 4.79 Å². The lowest BCUT2D eigenvalue weighted by molar-refractivity contribution is -0.136. The predicted molar refractivity (Wildman–Crippen MR) is 73.0 cm³/mol. The number of hydrogen-bond donors (Lipinski definition) is 1. The number of benzene rings is 1. The Labute approximate surface area is 118 Å². The lowest BCUT2D eigenvalue weighted by atomic mass is 9.97. The van der Waals surface area contributed by atoms with Crippen LogP contribution >= 0.6 is 0 Å². The van der Waals surface area contributed by atoms with Crippen molar-refractivity contribution in [2.75, 3.05) is 19.7 Å². The molecule has 106 valence electrons. The molecule has 1 aliphatic heterocycles. The Kier molecular flexibility index (Phi) is 4.59. The Morgan fingerprint density at radius 2 is 2.30 bits per heavy atom. The third-order valence-electron chi connectivity index (χ3n) is 3.57. The lowest BCUT2D eigenvalue weighted by Crippen LogP contribution is -2.46. The molecule has 1 aliphatic rings. The number of aliphatic hydroxyl groups is 1. The molecule has 1 aromatic rings. The first kappa shape index (κ1) is 14.4. The molecule has 1 N–H and O–H groups in total. The second-order valence-electron chi connectivity index (χ2n) is 5.07. The lowest BCUT2D eigenvalue weighted by Gasteiger charge is -2.34. The molecule has 1 fully saturated rings. The molecule has 0 radical (unpaired) electrons. The van der Waals surface area contributed by atoms with Gasteiger partial charge >= 0.3 is 0 Å². The minimum Gasteiger partial charge on any atom is -0.482 e. The first-order valence-corrected chi connectivity index (χ1v) is 6.69. The van der Waals surface area contributed by atoms with Gasteiger partial charge in [0.1, 0.15) is 11.8 Å². The fourth-order valence-electron chi connectivity index (χ4n) is 2.28. The van der Waals surface area contributed by atoms with E-state index in [-0.39, 0.29) is 24.5 Å². The summed E-state index contributed by atoms with van der Waals surface area (Å²) in [4.78, 5) is 13.8. The fraction of sp³-hybridized carbons (Fsp3) is 0.467. The standard InChI is InChI=1S/C15H18N2O3/c1-11-9-17(7-6-13(11)18)15(19)10-20-14-5-3-2-4-12(14)8-16/h2-5,11,13,18H,6-7,9-10H2,1H3/t11-,13-/m0/s1. The highest BCUT2D eigenvalue weighted by Gasteiger charge is 2.27. The van der Waals surface area contributed by atoms with Crippen LogP contribution in [0.25, 0.3) is 0 Å². The van der Waals surface area contributed by atoms with Crippen molar-refractivity contribution in [3.63, 3.8) is 0 Å². The summed E-state index contributed by atoms with van der Waals surface area (Å²) in [6.45, 7) is 2.94. The highest BCUT2D eigenvalue weighted by molar-refractivity contribution is 5.78. The summed E-state index contributed by atoms with van der Waals surface area (Å²) in [5.41, 5.74) is 0.419. The Morgan fingerprint density at radius 3 is 3.00 bits per heavy atom. The number of hydrogen-bond acceptors (Lipinski definition) is 4. The summed E-state index contributed by atoms with van der Waals surface area (Å²) in [6.07, 6.45) is 0.265. The topological polar surface area (TPSA) is 73.6 Å². The maximum Gasteiger partial charge on any atom is 0.260 e. The predicted octanol–water partition coefficient (Wildman–Crippen LogP) is 1.17. The quantitative estimate of drug-likeness (QED) is 0.897. The largest absolute Gasteiger partial charge is 0.482 e. The van der Waals surface area contributed by atoms with E-state index in [2.05, 4.69) is 0 Å². The van der Waals surface area contributed by atoms with Crippen LogP contribution in [-0.2, 0) is 4.79 Å². The van der Waals surface area contributed by atoms with Gasteiger partial charge in [0.05, 0.1) is 11.7 Å². The molecule has 0 aliphatic carbocycles. The molecule has 5 heteroatoms. The first-order chi connectivity index (χ1) is 9.61. The summed E-state index contributed by atoms with van der Waals surface area (Å²) < 4.78 is 5.43. The van der Waals surface area contributed by atoms with Crippen molar-refractivity contribution < 1.29 is 14.6 Å². The van der Waals surface area contributed by atoms with Gasteiger partial charge in [-0.2, -0.15) is 5.26 Å². The number of rotatable bonds is 3. The van der Waals surface area contributed by atoms with Crippen LogP contribution in [0.4, 0.5) is 0 Å². The molecular formula is C15H18N2O3. The molecule has 1 heterocycles. The number of likely N-dealkylation sites (tertiary alicyclic amines) is 1. The van der Waals surface area contributed by atoms with Crippen molar-refractivity contribution >= 4 is 5.91 Å². The van der Waals surface area contributed by atoms with Crippen LogP contribution < -0.4 is 4.74 Å². The van der Waals surface area contributed by atoms with Gasteiger partial charge in [0, 0.05) is 13.1 Å². The van der Waals surface area contributed by atoms with Gasteiger partial charge in [-0.25, -0.2) is 0 Å². The number of para-hydroxylation sites is 1. The molecule has 0 unspecified atom stereocenters. The average molecular weight is 274 g/mol. The van der Waals surface area contributed by atoms with Gasteiger partial charge in [0.15, 0.2) is 6.61 Å². The summed E-state index contributed by atoms with van der Waals surface area (Å²) in [5.74, 6) is 0.393. The number of piperidine rings is 1. The van der Waals surface area contributed by atoms with Gasteiger partial charge in [0.25, 0.3) is 5.91 Å². The zero-order chi connectivity index (χ0) is 14.5. The van der Waals surface area contributed by atoms with E-state index in [1.807, 2.05) is 13.0 Å². The number of ether oxygens (including phenoxy) is 1. The molecule has 0 spiro atoms. The van der Waals surface area contributed by atoms with Crippen LogP contribution in [0.2, 0.25) is 0 Å². The van der Waals surface area contributed by atoms with Crippen molar-refractivity contribution in [3.05, 3.63) is 29.8 Å². The van der Waals surface area contributed by atoms with Crippen LogP contribution in [0.15, 0.2) is 24.3 Å². The van der Waals surface area contributed by atoms with E-state index in [1.165, 1.54) is 0 Å². The Balaban J connectivity index is 1.91. The smallest absolute Gasteiger partial charge is 0.260 e. The molecule has 0 saturated carbocycles. The van der Waals surface area contributed by atoms with Gasteiger partial charge in [-0.05, 0) is 24.5 Å². The maximum absolute atomic E-state index is 12.1. The van der Waals surface area contributed by atoms with Gasteiger partial charge in [-0.15, -0.1) is 0 Å². The summed E-state index contributed by atoms with van der Waals surface area (Å²) in [7, 11) is 0. The summed E-state index contributed by atoms with van der Waals surface area (Å²) in [6, 6.07) is 8.87. The maximum atomic E-state index is 12.1. The van der Waals surface area contributed by atoms with Crippen LogP contribution in [0, 0.1) is 17.2 Å². The monoisotopic (exact) mass is 274 g/mol. The number of nitrogens with zero attached hydrogens (tertiary/aromatic N) is 2. The molecule has 2 atom stereocenters. The minimum atomic E-state index is -0.334. The van der Waals surface area contributed by atoms with Crippen LogP contribution in [0.1, 0.15) is 18.9 Å². The SMILES string of the molecule is C[C@H]1CN(C(=O)COc2ccccc2C#N)CC[C@@H]1O. The molecule has 2 rings (SSSR count). The van der Waals surface area contributed by atoms with E-state index in [0.717, 1.165) is 0 Å². The zero-order valence-electron chi connectivity index (χ0n) is 11.5. The third-order valence-corrected chi connectivity index (χ3v) is 3.57. The average Bonchev–Trinajstić information content (AvgIpc) is 2.47. The van der Waals surface area contributed by atoms with Crippen LogP contribution in [-0.4, -0.2) is 41.7 Å². The Bertz CT molecular complexity index is 524. The van der Waals surface area contributed by atoms with Crippen LogP contribution in [0.5, 0.6) is 5.75 Å². The normalized spacial score (nSPS) is 22.1. The fourth-order valence-corrected chi connectivity index (χ4v) is 2.28. The van der Waals surface area contributed by atoms with Gasteiger partial charge in [0.2, 0.25) is 0 Å². The molecule has 5 nitrogen and oxygen atoms in total. The second kappa shape index (κ2) is 6.40. The van der Waals surface area contributed by atoms with E-state index in [4.69, 9.17) is 10.00 Å². The molecular weight excluding hydrogens is 256 g/mol. The van der Waals surface area contributed by atoms with E-state index in [1.54, 1.807) is 29.2 Å². The Hall–Kier alpha value is -2.06. The Morgan fingerprint density at radius 1 is 1.55 bits per heavy atom. The molecule has 20 heavy (non-hydrogen) atoms. The second-order valence-corrected chi connectivity index (χ2v) is 5.07.